The lowest BCUT2D eigenvalue weighted by Crippen LogP contribution is -2.27. The molecule has 1 aromatic carbocycles. The summed E-state index contributed by atoms with van der Waals surface area (Å²) in [5, 5.41) is 3.79. The Morgan fingerprint density at radius 1 is 1.19 bits per heavy atom. The quantitative estimate of drug-likeness (QED) is 0.779. The molecule has 3 aromatic rings. The first-order chi connectivity index (χ1) is 12.3. The second kappa shape index (κ2) is 7.00. The van der Waals surface area contributed by atoms with Crippen molar-refractivity contribution in [3.63, 3.8) is 0 Å². The molecule has 0 bridgehead atoms. The number of fused-ring (bicyclic) bond motifs is 1. The van der Waals surface area contributed by atoms with Crippen molar-refractivity contribution in [3.8, 4) is 0 Å². The standard InChI is InChI=1S/C20H21N3O3/c1-20(2,3)26-19(25)22-17-11-15-9-10-23(18(24)16(15)12-21-17)13-14-7-5-4-6-8-14/h4-12H,13H2,1-3H3,(H,21,22,25). The van der Waals surface area contributed by atoms with Gasteiger partial charge < -0.3 is 9.30 Å². The van der Waals surface area contributed by atoms with E-state index < -0.39 is 11.7 Å². The lowest BCUT2D eigenvalue weighted by atomic mass is 10.2. The molecule has 3 rings (SSSR count). The molecular formula is C20H21N3O3. The summed E-state index contributed by atoms with van der Waals surface area (Å²) in [6.45, 7) is 5.86. The Hall–Kier alpha value is -3.15. The van der Waals surface area contributed by atoms with Crippen LogP contribution in [0.15, 0.2) is 59.7 Å². The van der Waals surface area contributed by atoms with Crippen molar-refractivity contribution >= 4 is 22.7 Å². The van der Waals surface area contributed by atoms with Crippen LogP contribution in [-0.2, 0) is 11.3 Å². The van der Waals surface area contributed by atoms with Gasteiger partial charge in [-0.1, -0.05) is 30.3 Å². The van der Waals surface area contributed by atoms with Crippen molar-refractivity contribution in [2.75, 3.05) is 5.32 Å². The Balaban J connectivity index is 1.84. The molecule has 0 unspecified atom stereocenters. The lowest BCUT2D eigenvalue weighted by molar-refractivity contribution is 0.0635. The number of aromatic nitrogens is 2. The molecule has 2 heterocycles. The van der Waals surface area contributed by atoms with Crippen molar-refractivity contribution in [3.05, 3.63) is 70.8 Å². The molecule has 0 saturated carbocycles. The molecule has 0 aliphatic heterocycles. The van der Waals surface area contributed by atoms with E-state index >= 15 is 0 Å². The zero-order chi connectivity index (χ0) is 18.7. The molecule has 0 fully saturated rings. The molecule has 1 N–H and O–H groups in total. The van der Waals surface area contributed by atoms with E-state index in [2.05, 4.69) is 10.3 Å². The maximum Gasteiger partial charge on any atom is 0.413 e. The van der Waals surface area contributed by atoms with E-state index in [0.29, 0.717) is 23.1 Å². The van der Waals surface area contributed by atoms with Crippen LogP contribution in [0.5, 0.6) is 0 Å². The predicted molar refractivity (Wildman–Crippen MR) is 101 cm³/mol. The number of pyridine rings is 2. The summed E-state index contributed by atoms with van der Waals surface area (Å²) >= 11 is 0. The number of benzene rings is 1. The molecule has 0 radical (unpaired) electrons. The number of nitrogens with one attached hydrogen (secondary N) is 1. The number of anilines is 1. The van der Waals surface area contributed by atoms with Crippen molar-refractivity contribution in [1.82, 2.24) is 9.55 Å². The van der Waals surface area contributed by atoms with Gasteiger partial charge in [0.15, 0.2) is 0 Å². The third kappa shape index (κ3) is 4.27. The zero-order valence-electron chi connectivity index (χ0n) is 15.0. The largest absolute Gasteiger partial charge is 0.444 e. The Kier molecular flexibility index (Phi) is 4.75. The van der Waals surface area contributed by atoms with Crippen molar-refractivity contribution in [2.24, 2.45) is 0 Å². The molecule has 0 atom stereocenters. The highest BCUT2D eigenvalue weighted by atomic mass is 16.6. The number of carbonyl (C=O) groups is 1. The molecule has 1 amide bonds. The van der Waals surface area contributed by atoms with Gasteiger partial charge in [0.1, 0.15) is 11.4 Å². The summed E-state index contributed by atoms with van der Waals surface area (Å²) in [4.78, 5) is 28.7. The number of hydrogen-bond donors (Lipinski definition) is 1. The Bertz CT molecular complexity index is 989. The van der Waals surface area contributed by atoms with E-state index in [1.165, 1.54) is 6.20 Å². The molecule has 0 aliphatic rings. The first-order valence-corrected chi connectivity index (χ1v) is 8.35. The van der Waals surface area contributed by atoms with Gasteiger partial charge in [0.25, 0.3) is 5.56 Å². The van der Waals surface area contributed by atoms with Gasteiger partial charge in [-0.05, 0) is 43.9 Å². The van der Waals surface area contributed by atoms with Crippen LogP contribution in [-0.4, -0.2) is 21.2 Å². The van der Waals surface area contributed by atoms with Crippen molar-refractivity contribution in [2.45, 2.75) is 32.9 Å². The fourth-order valence-electron chi connectivity index (χ4n) is 2.56. The highest BCUT2D eigenvalue weighted by Crippen LogP contribution is 2.15. The van der Waals surface area contributed by atoms with Crippen LogP contribution in [0, 0.1) is 0 Å². The number of carbonyl (C=O) groups excluding carboxylic acids is 1. The predicted octanol–water partition coefficient (Wildman–Crippen LogP) is 3.79. The first-order valence-electron chi connectivity index (χ1n) is 8.35. The number of hydrogen-bond acceptors (Lipinski definition) is 4. The van der Waals surface area contributed by atoms with Crippen LogP contribution >= 0.6 is 0 Å². The maximum atomic E-state index is 12.7. The Labute approximate surface area is 151 Å². The van der Waals surface area contributed by atoms with Crippen LogP contribution in [0.3, 0.4) is 0 Å². The van der Waals surface area contributed by atoms with E-state index in [1.54, 1.807) is 37.6 Å². The summed E-state index contributed by atoms with van der Waals surface area (Å²) in [6, 6.07) is 13.3. The van der Waals surface area contributed by atoms with E-state index in [1.807, 2.05) is 36.4 Å². The van der Waals surface area contributed by atoms with Crippen molar-refractivity contribution < 1.29 is 9.53 Å². The van der Waals surface area contributed by atoms with Gasteiger partial charge in [-0.2, -0.15) is 0 Å². The van der Waals surface area contributed by atoms with Gasteiger partial charge >= 0.3 is 6.09 Å². The van der Waals surface area contributed by atoms with Crippen LogP contribution in [0.2, 0.25) is 0 Å². The van der Waals surface area contributed by atoms with Crippen LogP contribution in [0.1, 0.15) is 26.3 Å². The minimum atomic E-state index is -0.591. The van der Waals surface area contributed by atoms with Gasteiger partial charge in [-0.3, -0.25) is 10.1 Å². The van der Waals surface area contributed by atoms with E-state index in [-0.39, 0.29) is 5.56 Å². The summed E-state index contributed by atoms with van der Waals surface area (Å²) < 4.78 is 6.85. The Morgan fingerprint density at radius 3 is 2.62 bits per heavy atom. The third-order valence-corrected chi connectivity index (χ3v) is 3.69. The Morgan fingerprint density at radius 2 is 1.92 bits per heavy atom. The minimum absolute atomic E-state index is 0.123. The number of rotatable bonds is 3. The summed E-state index contributed by atoms with van der Waals surface area (Å²) in [5.41, 5.74) is 0.333. The highest BCUT2D eigenvalue weighted by molar-refractivity contribution is 5.88. The van der Waals surface area contributed by atoms with Crippen LogP contribution < -0.4 is 10.9 Å². The lowest BCUT2D eigenvalue weighted by Gasteiger charge is -2.19. The molecule has 134 valence electrons. The third-order valence-electron chi connectivity index (χ3n) is 3.69. The number of nitrogens with zero attached hydrogens (tertiary/aromatic N) is 2. The van der Waals surface area contributed by atoms with Gasteiger partial charge in [0, 0.05) is 12.4 Å². The van der Waals surface area contributed by atoms with E-state index in [9.17, 15) is 9.59 Å². The monoisotopic (exact) mass is 351 g/mol. The SMILES string of the molecule is CC(C)(C)OC(=O)Nc1cc2ccn(Cc3ccccc3)c(=O)c2cn1. The van der Waals surface area contributed by atoms with Gasteiger partial charge in [-0.25, -0.2) is 9.78 Å². The summed E-state index contributed by atoms with van der Waals surface area (Å²) in [7, 11) is 0. The van der Waals surface area contributed by atoms with Crippen molar-refractivity contribution in [1.29, 1.82) is 0 Å². The average molecular weight is 351 g/mol. The second-order valence-electron chi connectivity index (χ2n) is 7.02. The molecule has 6 nitrogen and oxygen atoms in total. The minimum Gasteiger partial charge on any atom is -0.444 e. The molecule has 0 spiro atoms. The molecule has 26 heavy (non-hydrogen) atoms. The topological polar surface area (TPSA) is 73.2 Å². The van der Waals surface area contributed by atoms with Crippen LogP contribution in [0.4, 0.5) is 10.6 Å². The maximum absolute atomic E-state index is 12.7. The van der Waals surface area contributed by atoms with Gasteiger partial charge in [-0.15, -0.1) is 0 Å². The summed E-state index contributed by atoms with van der Waals surface area (Å²) in [5.74, 6) is 0.340. The number of ether oxygens (including phenoxy) is 1. The summed E-state index contributed by atoms with van der Waals surface area (Å²) in [6.07, 6.45) is 2.64. The first kappa shape index (κ1) is 17.7. The molecule has 0 saturated heterocycles. The van der Waals surface area contributed by atoms with E-state index in [0.717, 1.165) is 5.56 Å². The average Bonchev–Trinajstić information content (AvgIpc) is 2.56. The highest BCUT2D eigenvalue weighted by Gasteiger charge is 2.16. The fourth-order valence-corrected chi connectivity index (χ4v) is 2.56. The molecule has 2 aromatic heterocycles. The molecular weight excluding hydrogens is 330 g/mol. The smallest absolute Gasteiger partial charge is 0.413 e. The normalized spacial score (nSPS) is 11.3. The second-order valence-corrected chi connectivity index (χ2v) is 7.02. The fraction of sp³-hybridized carbons (Fsp3) is 0.250. The van der Waals surface area contributed by atoms with Gasteiger partial charge in [0.05, 0.1) is 11.9 Å². The molecule has 0 aliphatic carbocycles. The van der Waals surface area contributed by atoms with Gasteiger partial charge in [0.2, 0.25) is 0 Å². The number of amides is 1. The molecule has 6 heteroatoms. The zero-order valence-corrected chi connectivity index (χ0v) is 15.0. The van der Waals surface area contributed by atoms with E-state index in [4.69, 9.17) is 4.74 Å². The van der Waals surface area contributed by atoms with Crippen LogP contribution in [0.25, 0.3) is 10.8 Å².